The smallest absolute Gasteiger partial charge is 0.321 e. The third-order valence-corrected chi connectivity index (χ3v) is 3.67. The highest BCUT2D eigenvalue weighted by Gasteiger charge is 2.14. The molecule has 1 heterocycles. The van der Waals surface area contributed by atoms with E-state index >= 15 is 0 Å². The van der Waals surface area contributed by atoms with E-state index in [4.69, 9.17) is 4.74 Å². The van der Waals surface area contributed by atoms with Crippen molar-refractivity contribution < 1.29 is 9.53 Å². The third kappa shape index (κ3) is 5.27. The molecule has 5 heteroatoms. The van der Waals surface area contributed by atoms with Gasteiger partial charge in [0.1, 0.15) is 5.75 Å². The lowest BCUT2D eigenvalue weighted by Gasteiger charge is -2.24. The van der Waals surface area contributed by atoms with Crippen molar-refractivity contribution in [3.8, 4) is 5.75 Å². The maximum atomic E-state index is 12.4. The Bertz CT molecular complexity index is 441. The van der Waals surface area contributed by atoms with Crippen LogP contribution in [0, 0.1) is 0 Å². The lowest BCUT2D eigenvalue weighted by molar-refractivity contribution is 0.208. The summed E-state index contributed by atoms with van der Waals surface area (Å²) in [6, 6.07) is 7.45. The van der Waals surface area contributed by atoms with E-state index in [1.807, 2.05) is 29.2 Å². The van der Waals surface area contributed by atoms with Crippen molar-refractivity contribution >= 4 is 11.7 Å². The van der Waals surface area contributed by atoms with Crippen molar-refractivity contribution in [3.05, 3.63) is 24.3 Å². The van der Waals surface area contributed by atoms with Crippen LogP contribution in [-0.4, -0.2) is 44.2 Å². The number of amides is 2. The topological polar surface area (TPSA) is 53.6 Å². The second kappa shape index (κ2) is 8.52. The zero-order valence-electron chi connectivity index (χ0n) is 12.7. The molecule has 0 spiro atoms. The number of hydrogen-bond donors (Lipinski definition) is 2. The molecule has 0 aromatic heterocycles. The lowest BCUT2D eigenvalue weighted by Crippen LogP contribution is -2.37. The normalized spacial score (nSPS) is 17.1. The van der Waals surface area contributed by atoms with E-state index in [1.54, 1.807) is 7.11 Å². The Kier molecular flexibility index (Phi) is 6.34. The number of carbonyl (C=O) groups excluding carboxylic acids is 1. The summed E-state index contributed by atoms with van der Waals surface area (Å²) in [5.41, 5.74) is 0.776. The zero-order valence-corrected chi connectivity index (χ0v) is 12.7. The molecule has 2 N–H and O–H groups in total. The first kappa shape index (κ1) is 15.6. The van der Waals surface area contributed by atoms with E-state index in [2.05, 4.69) is 10.6 Å². The van der Waals surface area contributed by atoms with Crippen LogP contribution in [0.2, 0.25) is 0 Å². The molecule has 0 bridgehead atoms. The number of nitrogens with one attached hydrogen (secondary N) is 2. The van der Waals surface area contributed by atoms with Crippen molar-refractivity contribution in [2.75, 3.05) is 38.6 Å². The molecular weight excluding hydrogens is 266 g/mol. The van der Waals surface area contributed by atoms with Gasteiger partial charge in [0, 0.05) is 24.8 Å². The summed E-state index contributed by atoms with van der Waals surface area (Å²) in [5, 5.41) is 6.38. The predicted octanol–water partition coefficient (Wildman–Crippen LogP) is 2.69. The molecule has 1 aliphatic rings. The Morgan fingerprint density at radius 1 is 1.19 bits per heavy atom. The Morgan fingerprint density at radius 3 is 2.57 bits per heavy atom. The van der Waals surface area contributed by atoms with E-state index in [9.17, 15) is 4.79 Å². The minimum Gasteiger partial charge on any atom is -0.497 e. The van der Waals surface area contributed by atoms with Crippen LogP contribution in [0.25, 0.3) is 0 Å². The molecule has 116 valence electrons. The van der Waals surface area contributed by atoms with Crippen molar-refractivity contribution in [1.29, 1.82) is 0 Å². The number of benzene rings is 1. The molecule has 0 aliphatic carbocycles. The van der Waals surface area contributed by atoms with E-state index in [0.29, 0.717) is 0 Å². The largest absolute Gasteiger partial charge is 0.497 e. The van der Waals surface area contributed by atoms with Crippen LogP contribution in [0.4, 0.5) is 10.5 Å². The van der Waals surface area contributed by atoms with Gasteiger partial charge in [0.15, 0.2) is 0 Å². The molecule has 1 fully saturated rings. The first-order valence-electron chi connectivity index (χ1n) is 7.70. The van der Waals surface area contributed by atoms with Gasteiger partial charge in [0.05, 0.1) is 7.11 Å². The fraction of sp³-hybridized carbons (Fsp3) is 0.562. The number of urea groups is 1. The maximum absolute atomic E-state index is 12.4. The van der Waals surface area contributed by atoms with Crippen LogP contribution < -0.4 is 15.4 Å². The summed E-state index contributed by atoms with van der Waals surface area (Å²) in [5.74, 6) is 0.750. The molecular formula is C16H25N3O2. The van der Waals surface area contributed by atoms with Crippen molar-refractivity contribution in [1.82, 2.24) is 10.2 Å². The monoisotopic (exact) mass is 291 g/mol. The maximum Gasteiger partial charge on any atom is 0.321 e. The molecule has 21 heavy (non-hydrogen) atoms. The number of rotatable bonds is 2. The van der Waals surface area contributed by atoms with Crippen LogP contribution in [0.5, 0.6) is 5.75 Å². The number of carbonyl (C=O) groups is 1. The van der Waals surface area contributed by atoms with Crippen LogP contribution in [0.1, 0.15) is 25.7 Å². The van der Waals surface area contributed by atoms with Crippen LogP contribution in [0.3, 0.4) is 0 Å². The quantitative estimate of drug-likeness (QED) is 0.881. The fourth-order valence-corrected chi connectivity index (χ4v) is 2.45. The molecule has 1 aromatic rings. The molecule has 1 aromatic carbocycles. The molecule has 5 nitrogen and oxygen atoms in total. The molecule has 0 saturated carbocycles. The minimum atomic E-state index is -0.0169. The van der Waals surface area contributed by atoms with Crippen LogP contribution in [0.15, 0.2) is 24.3 Å². The number of hydrogen-bond acceptors (Lipinski definition) is 3. The highest BCUT2D eigenvalue weighted by atomic mass is 16.5. The number of ether oxygens (including phenoxy) is 1. The Morgan fingerprint density at radius 2 is 1.90 bits per heavy atom. The predicted molar refractivity (Wildman–Crippen MR) is 84.9 cm³/mol. The average molecular weight is 291 g/mol. The SMILES string of the molecule is COc1cccc(NC(=O)N2CCCCNCCCC2)c1. The Balaban J connectivity index is 1.92. The summed E-state index contributed by atoms with van der Waals surface area (Å²) in [6.07, 6.45) is 4.31. The molecule has 2 rings (SSSR count). The molecule has 0 unspecified atom stereocenters. The highest BCUT2D eigenvalue weighted by Crippen LogP contribution is 2.17. The van der Waals surface area contributed by atoms with E-state index in [0.717, 1.165) is 63.3 Å². The van der Waals surface area contributed by atoms with E-state index in [1.165, 1.54) is 0 Å². The van der Waals surface area contributed by atoms with Crippen molar-refractivity contribution in [2.45, 2.75) is 25.7 Å². The van der Waals surface area contributed by atoms with Gasteiger partial charge in [-0.1, -0.05) is 6.07 Å². The summed E-state index contributed by atoms with van der Waals surface area (Å²) in [6.45, 7) is 3.73. The van der Waals surface area contributed by atoms with Crippen molar-refractivity contribution in [2.24, 2.45) is 0 Å². The molecule has 1 saturated heterocycles. The summed E-state index contributed by atoms with van der Waals surface area (Å²) < 4.78 is 5.18. The first-order valence-corrected chi connectivity index (χ1v) is 7.70. The number of anilines is 1. The minimum absolute atomic E-state index is 0.0169. The van der Waals surface area contributed by atoms with Gasteiger partial charge in [0.25, 0.3) is 0 Å². The fourth-order valence-electron chi connectivity index (χ4n) is 2.45. The van der Waals surface area contributed by atoms with Gasteiger partial charge < -0.3 is 20.3 Å². The average Bonchev–Trinajstić information content (AvgIpc) is 2.52. The molecule has 2 amide bonds. The first-order chi connectivity index (χ1) is 10.3. The van der Waals surface area contributed by atoms with Crippen LogP contribution >= 0.6 is 0 Å². The highest BCUT2D eigenvalue weighted by molar-refractivity contribution is 5.89. The summed E-state index contributed by atoms with van der Waals surface area (Å²) >= 11 is 0. The summed E-state index contributed by atoms with van der Waals surface area (Å²) in [7, 11) is 1.62. The van der Waals surface area contributed by atoms with Crippen LogP contribution in [-0.2, 0) is 0 Å². The number of methoxy groups -OCH3 is 1. The second-order valence-electron chi connectivity index (χ2n) is 5.31. The summed E-state index contributed by atoms with van der Waals surface area (Å²) in [4.78, 5) is 14.3. The van der Waals surface area contributed by atoms with Gasteiger partial charge >= 0.3 is 6.03 Å². The van der Waals surface area contributed by atoms with E-state index < -0.39 is 0 Å². The Hall–Kier alpha value is -1.75. The van der Waals surface area contributed by atoms with Gasteiger partial charge in [0.2, 0.25) is 0 Å². The van der Waals surface area contributed by atoms with Gasteiger partial charge in [-0.15, -0.1) is 0 Å². The number of nitrogens with zero attached hydrogens (tertiary/aromatic N) is 1. The van der Waals surface area contributed by atoms with Gasteiger partial charge in [-0.25, -0.2) is 4.79 Å². The van der Waals surface area contributed by atoms with Gasteiger partial charge in [-0.2, -0.15) is 0 Å². The third-order valence-electron chi connectivity index (χ3n) is 3.67. The molecule has 0 atom stereocenters. The van der Waals surface area contributed by atoms with Gasteiger partial charge in [-0.3, -0.25) is 0 Å². The Labute approximate surface area is 126 Å². The second-order valence-corrected chi connectivity index (χ2v) is 5.31. The van der Waals surface area contributed by atoms with Crippen molar-refractivity contribution in [3.63, 3.8) is 0 Å². The van der Waals surface area contributed by atoms with E-state index in [-0.39, 0.29) is 6.03 Å². The van der Waals surface area contributed by atoms with Gasteiger partial charge in [-0.05, 0) is 50.9 Å². The molecule has 1 aliphatic heterocycles. The lowest BCUT2D eigenvalue weighted by atomic mass is 10.2. The molecule has 0 radical (unpaired) electrons. The standard InChI is InChI=1S/C16H25N3O2/c1-21-15-8-6-7-14(13-15)18-16(20)19-11-4-2-9-17-10-3-5-12-19/h6-8,13,17H,2-5,9-12H2,1H3,(H,18,20). The zero-order chi connectivity index (χ0) is 14.9.